The summed E-state index contributed by atoms with van der Waals surface area (Å²) in [5.74, 6) is -1.15. The Balaban J connectivity index is 1.38. The molecule has 3 heterocycles. The third kappa shape index (κ3) is 4.13. The first-order chi connectivity index (χ1) is 16.3. The minimum atomic E-state index is -4.41. The van der Waals surface area contributed by atoms with Crippen LogP contribution in [0.5, 0.6) is 0 Å². The van der Waals surface area contributed by atoms with Crippen LogP contribution in [0.3, 0.4) is 0 Å². The second-order valence-corrected chi connectivity index (χ2v) is 9.54. The highest BCUT2D eigenvalue weighted by atomic mass is 19.4. The van der Waals surface area contributed by atoms with E-state index in [1.807, 2.05) is 0 Å². The molecular weight excluding hydrogens is 451 g/mol. The molecule has 11 heteroatoms. The number of ether oxygens (including phenoxy) is 2. The lowest BCUT2D eigenvalue weighted by Crippen LogP contribution is -2.61. The van der Waals surface area contributed by atoms with Gasteiger partial charge in [0.05, 0.1) is 37.2 Å². The van der Waals surface area contributed by atoms with Gasteiger partial charge in [0.15, 0.2) is 5.79 Å². The van der Waals surface area contributed by atoms with Crippen molar-refractivity contribution in [2.24, 2.45) is 5.92 Å². The fraction of sp³-hybridized carbons (Fsp3) is 0.652. The van der Waals surface area contributed by atoms with Crippen molar-refractivity contribution < 1.29 is 27.4 Å². The van der Waals surface area contributed by atoms with Crippen LogP contribution in [0.15, 0.2) is 24.3 Å². The van der Waals surface area contributed by atoms with Crippen LogP contribution in [0.1, 0.15) is 44.1 Å². The Bertz CT molecular complexity index is 948. The van der Waals surface area contributed by atoms with E-state index < -0.39 is 35.1 Å². The molecule has 3 unspecified atom stereocenters. The molecule has 1 amide bonds. The summed E-state index contributed by atoms with van der Waals surface area (Å²) < 4.78 is 50.6. The van der Waals surface area contributed by atoms with Gasteiger partial charge in [-0.1, -0.05) is 0 Å². The first-order valence-corrected chi connectivity index (χ1v) is 11.7. The van der Waals surface area contributed by atoms with Crippen LogP contribution in [0.4, 0.5) is 18.9 Å². The van der Waals surface area contributed by atoms with Gasteiger partial charge in [-0.25, -0.2) is 10.4 Å². The average Bonchev–Trinajstić information content (AvgIpc) is 3.42. The van der Waals surface area contributed by atoms with E-state index in [1.165, 1.54) is 12.1 Å². The molecule has 4 aliphatic rings. The number of nitriles is 1. The van der Waals surface area contributed by atoms with E-state index in [1.54, 1.807) is 0 Å². The third-order valence-corrected chi connectivity index (χ3v) is 7.64. The van der Waals surface area contributed by atoms with Crippen molar-refractivity contribution >= 4 is 11.6 Å². The molecule has 0 aromatic heterocycles. The van der Waals surface area contributed by atoms with E-state index in [2.05, 4.69) is 27.1 Å². The number of rotatable bonds is 4. The fourth-order valence-electron chi connectivity index (χ4n) is 5.88. The van der Waals surface area contributed by atoms with Gasteiger partial charge in [-0.05, 0) is 43.5 Å². The number of amides is 1. The van der Waals surface area contributed by atoms with Crippen molar-refractivity contribution in [3.8, 4) is 6.07 Å². The molecule has 1 aromatic carbocycles. The quantitative estimate of drug-likeness (QED) is 0.611. The van der Waals surface area contributed by atoms with E-state index in [0.717, 1.165) is 12.1 Å². The van der Waals surface area contributed by atoms with Crippen molar-refractivity contribution in [2.45, 2.75) is 68.2 Å². The van der Waals surface area contributed by atoms with Gasteiger partial charge in [-0.3, -0.25) is 4.79 Å². The predicted molar refractivity (Wildman–Crippen MR) is 115 cm³/mol. The molecule has 8 nitrogen and oxygen atoms in total. The Morgan fingerprint density at radius 2 is 1.82 bits per heavy atom. The number of nitrogens with zero attached hydrogens (tertiary/aromatic N) is 2. The SMILES string of the molecule is N#CCC1(N2NC(Nc3ccc(C(F)(F)F)cc3)C3C(=O)NCCC32)CCC2(CC1)OCCO2. The smallest absolute Gasteiger partial charge is 0.368 e. The van der Waals surface area contributed by atoms with Gasteiger partial charge < -0.3 is 20.1 Å². The summed E-state index contributed by atoms with van der Waals surface area (Å²) in [6, 6.07) is 6.97. The molecule has 1 spiro atoms. The Labute approximate surface area is 195 Å². The lowest BCUT2D eigenvalue weighted by atomic mass is 9.75. The molecule has 3 aliphatic heterocycles. The number of fused-ring (bicyclic) bond motifs is 1. The van der Waals surface area contributed by atoms with Crippen LogP contribution in [-0.4, -0.2) is 54.2 Å². The molecule has 3 saturated heterocycles. The summed E-state index contributed by atoms with van der Waals surface area (Å²) in [7, 11) is 0. The van der Waals surface area contributed by atoms with Gasteiger partial charge >= 0.3 is 6.18 Å². The second-order valence-electron chi connectivity index (χ2n) is 9.54. The van der Waals surface area contributed by atoms with Gasteiger partial charge in [0, 0.05) is 36.7 Å². The number of anilines is 1. The summed E-state index contributed by atoms with van der Waals surface area (Å²) in [4.78, 5) is 12.9. The van der Waals surface area contributed by atoms with Crippen LogP contribution in [0.2, 0.25) is 0 Å². The van der Waals surface area contributed by atoms with E-state index in [4.69, 9.17) is 9.47 Å². The first-order valence-electron chi connectivity index (χ1n) is 11.7. The maximum atomic E-state index is 12.9. The normalized spacial score (nSPS) is 30.5. The molecule has 34 heavy (non-hydrogen) atoms. The van der Waals surface area contributed by atoms with Crippen LogP contribution < -0.4 is 16.1 Å². The van der Waals surface area contributed by atoms with Crippen molar-refractivity contribution in [2.75, 3.05) is 25.1 Å². The molecule has 184 valence electrons. The Morgan fingerprint density at radius 1 is 1.15 bits per heavy atom. The Hall–Kier alpha value is -2.39. The number of carbonyl (C=O) groups excluding carboxylic acids is 1. The molecule has 5 rings (SSSR count). The predicted octanol–water partition coefficient (Wildman–Crippen LogP) is 2.74. The minimum Gasteiger partial charge on any atom is -0.368 e. The molecule has 3 atom stereocenters. The number of piperidine rings is 1. The van der Waals surface area contributed by atoms with Crippen LogP contribution in [0, 0.1) is 17.2 Å². The zero-order valence-corrected chi connectivity index (χ0v) is 18.7. The summed E-state index contributed by atoms with van der Waals surface area (Å²) in [6.45, 7) is 1.67. The van der Waals surface area contributed by atoms with Crippen LogP contribution in [-0.2, 0) is 20.4 Å². The van der Waals surface area contributed by atoms with Crippen molar-refractivity contribution in [3.05, 3.63) is 29.8 Å². The van der Waals surface area contributed by atoms with Crippen molar-refractivity contribution in [1.82, 2.24) is 15.8 Å². The summed E-state index contributed by atoms with van der Waals surface area (Å²) in [6.07, 6.45) is -1.28. The third-order valence-electron chi connectivity index (χ3n) is 7.64. The zero-order chi connectivity index (χ0) is 24.0. The fourth-order valence-corrected chi connectivity index (χ4v) is 5.88. The standard InChI is InChI=1S/C23H28F3N5O3/c24-23(25,26)15-1-3-16(4-2-15)29-19-18-17(5-12-28-20(18)32)31(30-19)21(10-11-27)6-8-22(9-7-21)33-13-14-34-22/h1-4,17-19,29-30H,5-10,12-14H2,(H,28,32). The van der Waals surface area contributed by atoms with Crippen LogP contribution in [0.25, 0.3) is 0 Å². The second kappa shape index (κ2) is 8.68. The topological polar surface area (TPSA) is 98.7 Å². The van der Waals surface area contributed by atoms with E-state index in [0.29, 0.717) is 57.6 Å². The number of nitrogens with one attached hydrogen (secondary N) is 3. The maximum absolute atomic E-state index is 12.9. The maximum Gasteiger partial charge on any atom is 0.416 e. The molecule has 0 radical (unpaired) electrons. The number of hydrazine groups is 1. The molecule has 4 fully saturated rings. The van der Waals surface area contributed by atoms with Gasteiger partial charge in [0.2, 0.25) is 5.91 Å². The van der Waals surface area contributed by atoms with Gasteiger partial charge in [0.25, 0.3) is 0 Å². The summed E-state index contributed by atoms with van der Waals surface area (Å²) in [5.41, 5.74) is 2.70. The molecule has 1 aromatic rings. The number of hydrogen-bond acceptors (Lipinski definition) is 7. The summed E-state index contributed by atoms with van der Waals surface area (Å²) in [5, 5.41) is 17.9. The van der Waals surface area contributed by atoms with Crippen LogP contribution >= 0.6 is 0 Å². The molecule has 1 aliphatic carbocycles. The Morgan fingerprint density at radius 3 is 2.44 bits per heavy atom. The Kier molecular flexibility index (Phi) is 5.96. The van der Waals surface area contributed by atoms with E-state index in [-0.39, 0.29) is 18.4 Å². The molecule has 3 N–H and O–H groups in total. The monoisotopic (exact) mass is 479 g/mol. The average molecular weight is 480 g/mol. The molecule has 0 bridgehead atoms. The lowest BCUT2D eigenvalue weighted by Gasteiger charge is -2.50. The number of carbonyl (C=O) groups is 1. The van der Waals surface area contributed by atoms with Crippen molar-refractivity contribution in [3.63, 3.8) is 0 Å². The highest BCUT2D eigenvalue weighted by molar-refractivity contribution is 5.82. The van der Waals surface area contributed by atoms with Gasteiger partial charge in [-0.2, -0.15) is 18.4 Å². The largest absolute Gasteiger partial charge is 0.416 e. The number of hydrogen-bond donors (Lipinski definition) is 3. The highest BCUT2D eigenvalue weighted by Crippen LogP contribution is 2.47. The summed E-state index contributed by atoms with van der Waals surface area (Å²) >= 11 is 0. The molecule has 1 saturated carbocycles. The van der Waals surface area contributed by atoms with E-state index in [9.17, 15) is 23.2 Å². The lowest BCUT2D eigenvalue weighted by molar-refractivity contribution is -0.198. The van der Waals surface area contributed by atoms with Gasteiger partial charge in [0.1, 0.15) is 6.17 Å². The first kappa shape index (κ1) is 23.4. The number of halogens is 3. The van der Waals surface area contributed by atoms with Gasteiger partial charge in [-0.15, -0.1) is 0 Å². The number of alkyl halides is 3. The molecular formula is C23H28F3N5O3. The van der Waals surface area contributed by atoms with Crippen molar-refractivity contribution in [1.29, 1.82) is 5.26 Å². The highest BCUT2D eigenvalue weighted by Gasteiger charge is 2.57. The zero-order valence-electron chi connectivity index (χ0n) is 18.7. The minimum absolute atomic E-state index is 0.113. The van der Waals surface area contributed by atoms with E-state index >= 15 is 0 Å². The number of benzene rings is 1.